The lowest BCUT2D eigenvalue weighted by Gasteiger charge is -2.13. The fourth-order valence-electron chi connectivity index (χ4n) is 1.70. The van der Waals surface area contributed by atoms with Gasteiger partial charge in [0, 0.05) is 19.0 Å². The third-order valence-corrected chi connectivity index (χ3v) is 2.78. The molecule has 0 saturated carbocycles. The fraction of sp³-hybridized carbons (Fsp3) is 0.625. The average molecular weight is 212 g/mol. The molecule has 1 aliphatic rings. The zero-order valence-electron chi connectivity index (χ0n) is 7.69. The van der Waals surface area contributed by atoms with Gasteiger partial charge in [-0.3, -0.25) is 9.89 Å². The van der Waals surface area contributed by atoms with Crippen LogP contribution in [0.3, 0.4) is 0 Å². The number of rotatable bonds is 1. The van der Waals surface area contributed by atoms with Crippen LogP contribution >= 0.6 is 12.2 Å². The number of amides is 1. The van der Waals surface area contributed by atoms with E-state index in [1.807, 2.05) is 4.57 Å². The van der Waals surface area contributed by atoms with Crippen LogP contribution in [0.25, 0.3) is 0 Å². The van der Waals surface area contributed by atoms with Crippen molar-refractivity contribution in [3.8, 4) is 0 Å². The van der Waals surface area contributed by atoms with Gasteiger partial charge in [0.05, 0.1) is 0 Å². The van der Waals surface area contributed by atoms with Gasteiger partial charge in [-0.25, -0.2) is 0 Å². The largest absolute Gasteiger partial charge is 0.356 e. The molecule has 6 heteroatoms. The van der Waals surface area contributed by atoms with E-state index in [1.54, 1.807) is 6.33 Å². The third kappa shape index (κ3) is 1.84. The van der Waals surface area contributed by atoms with E-state index in [1.165, 1.54) is 0 Å². The maximum absolute atomic E-state index is 11.1. The van der Waals surface area contributed by atoms with E-state index in [0.29, 0.717) is 17.2 Å². The van der Waals surface area contributed by atoms with Crippen LogP contribution in [0.4, 0.5) is 0 Å². The topological polar surface area (TPSA) is 62.7 Å². The van der Waals surface area contributed by atoms with Crippen molar-refractivity contribution in [2.75, 3.05) is 6.54 Å². The van der Waals surface area contributed by atoms with Crippen molar-refractivity contribution in [1.29, 1.82) is 0 Å². The lowest BCUT2D eigenvalue weighted by Crippen LogP contribution is -2.21. The Hall–Kier alpha value is -1.17. The first-order chi connectivity index (χ1) is 6.77. The predicted molar refractivity (Wildman–Crippen MR) is 53.3 cm³/mol. The molecule has 76 valence electrons. The van der Waals surface area contributed by atoms with Gasteiger partial charge in [0.15, 0.2) is 4.77 Å². The highest BCUT2D eigenvalue weighted by Crippen LogP contribution is 2.19. The number of nitrogens with one attached hydrogen (secondary N) is 2. The highest BCUT2D eigenvalue weighted by molar-refractivity contribution is 7.71. The second-order valence-electron chi connectivity index (χ2n) is 3.40. The van der Waals surface area contributed by atoms with Crippen molar-refractivity contribution in [3.63, 3.8) is 0 Å². The number of hydrogen-bond acceptors (Lipinski definition) is 3. The molecule has 2 heterocycles. The molecule has 0 aromatic carbocycles. The van der Waals surface area contributed by atoms with Crippen LogP contribution in [0.1, 0.15) is 25.3 Å². The quantitative estimate of drug-likeness (QED) is 0.676. The van der Waals surface area contributed by atoms with Gasteiger partial charge in [-0.1, -0.05) is 0 Å². The molecular weight excluding hydrogens is 200 g/mol. The molecule has 1 saturated heterocycles. The zero-order chi connectivity index (χ0) is 9.97. The van der Waals surface area contributed by atoms with E-state index in [9.17, 15) is 4.79 Å². The van der Waals surface area contributed by atoms with Crippen molar-refractivity contribution < 1.29 is 4.79 Å². The van der Waals surface area contributed by atoms with E-state index in [4.69, 9.17) is 12.2 Å². The normalized spacial score (nSPS) is 22.9. The summed E-state index contributed by atoms with van der Waals surface area (Å²) in [5, 5.41) is 9.43. The SMILES string of the molecule is O=C1CCC(n2cn[nH]c2=S)CCN1. The molecule has 0 spiro atoms. The van der Waals surface area contributed by atoms with Crippen LogP contribution < -0.4 is 5.32 Å². The molecule has 2 rings (SSSR count). The van der Waals surface area contributed by atoms with Gasteiger partial charge < -0.3 is 9.88 Å². The van der Waals surface area contributed by atoms with Crippen LogP contribution in [0.15, 0.2) is 6.33 Å². The molecule has 5 nitrogen and oxygen atoms in total. The Bertz CT molecular complexity index is 383. The van der Waals surface area contributed by atoms with Gasteiger partial charge in [0.2, 0.25) is 5.91 Å². The molecule has 1 amide bonds. The second-order valence-corrected chi connectivity index (χ2v) is 3.79. The van der Waals surface area contributed by atoms with Crippen molar-refractivity contribution in [1.82, 2.24) is 20.1 Å². The first kappa shape index (κ1) is 9.39. The van der Waals surface area contributed by atoms with Crippen LogP contribution in [0, 0.1) is 4.77 Å². The fourth-order valence-corrected chi connectivity index (χ4v) is 1.95. The van der Waals surface area contributed by atoms with E-state index in [2.05, 4.69) is 15.5 Å². The Balaban J connectivity index is 2.15. The van der Waals surface area contributed by atoms with Crippen LogP contribution in [-0.4, -0.2) is 27.2 Å². The molecule has 0 radical (unpaired) electrons. The zero-order valence-corrected chi connectivity index (χ0v) is 8.51. The number of carbonyl (C=O) groups is 1. The van der Waals surface area contributed by atoms with Gasteiger partial charge in [-0.2, -0.15) is 5.10 Å². The summed E-state index contributed by atoms with van der Waals surface area (Å²) in [6, 6.07) is 0.292. The van der Waals surface area contributed by atoms with Gasteiger partial charge in [0.1, 0.15) is 6.33 Å². The maximum Gasteiger partial charge on any atom is 0.220 e. The molecule has 0 aliphatic carbocycles. The highest BCUT2D eigenvalue weighted by Gasteiger charge is 2.17. The molecule has 1 aromatic rings. The standard InChI is InChI=1S/C8H12N4OS/c13-7-2-1-6(3-4-9-7)12-5-10-11-8(12)14/h5-6H,1-4H2,(H,9,13)(H,11,14). The summed E-state index contributed by atoms with van der Waals surface area (Å²) in [5.41, 5.74) is 0. The summed E-state index contributed by atoms with van der Waals surface area (Å²) < 4.78 is 2.56. The van der Waals surface area contributed by atoms with Crippen molar-refractivity contribution in [3.05, 3.63) is 11.1 Å². The number of carbonyl (C=O) groups excluding carboxylic acids is 1. The molecule has 1 aliphatic heterocycles. The number of aromatic amines is 1. The molecule has 2 N–H and O–H groups in total. The van der Waals surface area contributed by atoms with Crippen LogP contribution in [0.5, 0.6) is 0 Å². The Morgan fingerprint density at radius 2 is 2.43 bits per heavy atom. The molecule has 0 bridgehead atoms. The van der Waals surface area contributed by atoms with Gasteiger partial charge in [-0.15, -0.1) is 0 Å². The minimum absolute atomic E-state index is 0.127. The summed E-state index contributed by atoms with van der Waals surface area (Å²) in [6.45, 7) is 0.719. The van der Waals surface area contributed by atoms with Gasteiger partial charge in [-0.05, 0) is 25.1 Å². The summed E-state index contributed by atoms with van der Waals surface area (Å²) >= 11 is 5.08. The van der Waals surface area contributed by atoms with E-state index < -0.39 is 0 Å². The van der Waals surface area contributed by atoms with Gasteiger partial charge in [0.25, 0.3) is 0 Å². The summed E-state index contributed by atoms with van der Waals surface area (Å²) in [7, 11) is 0. The molecule has 1 unspecified atom stereocenters. The minimum atomic E-state index is 0.127. The number of H-pyrrole nitrogens is 1. The smallest absolute Gasteiger partial charge is 0.220 e. The lowest BCUT2D eigenvalue weighted by atomic mass is 10.1. The molecular formula is C8H12N4OS. The number of nitrogens with zero attached hydrogens (tertiary/aromatic N) is 2. The first-order valence-corrected chi connectivity index (χ1v) is 5.06. The van der Waals surface area contributed by atoms with Crippen molar-refractivity contribution in [2.24, 2.45) is 0 Å². The van der Waals surface area contributed by atoms with Crippen molar-refractivity contribution >= 4 is 18.1 Å². The Labute approximate surface area is 86.5 Å². The number of aromatic nitrogens is 3. The molecule has 14 heavy (non-hydrogen) atoms. The lowest BCUT2D eigenvalue weighted by molar-refractivity contribution is -0.120. The minimum Gasteiger partial charge on any atom is -0.356 e. The molecule has 1 atom stereocenters. The maximum atomic E-state index is 11.1. The van der Waals surface area contributed by atoms with E-state index in [0.717, 1.165) is 19.4 Å². The van der Waals surface area contributed by atoms with Crippen molar-refractivity contribution in [2.45, 2.75) is 25.3 Å². The van der Waals surface area contributed by atoms with E-state index in [-0.39, 0.29) is 5.91 Å². The van der Waals surface area contributed by atoms with Gasteiger partial charge >= 0.3 is 0 Å². The second kappa shape index (κ2) is 3.91. The third-order valence-electron chi connectivity index (χ3n) is 2.47. The Morgan fingerprint density at radius 3 is 3.14 bits per heavy atom. The summed E-state index contributed by atoms with van der Waals surface area (Å²) in [6.07, 6.45) is 4.01. The average Bonchev–Trinajstić information content (AvgIpc) is 2.46. The monoisotopic (exact) mass is 212 g/mol. The van der Waals surface area contributed by atoms with Crippen LogP contribution in [0.2, 0.25) is 0 Å². The first-order valence-electron chi connectivity index (χ1n) is 4.65. The Kier molecular flexibility index (Phi) is 2.62. The Morgan fingerprint density at radius 1 is 1.57 bits per heavy atom. The van der Waals surface area contributed by atoms with Crippen LogP contribution in [-0.2, 0) is 4.79 Å². The summed E-state index contributed by atoms with van der Waals surface area (Å²) in [4.78, 5) is 11.1. The highest BCUT2D eigenvalue weighted by atomic mass is 32.1. The number of hydrogen-bond donors (Lipinski definition) is 2. The summed E-state index contributed by atoms with van der Waals surface area (Å²) in [5.74, 6) is 0.127. The van der Waals surface area contributed by atoms with E-state index >= 15 is 0 Å². The predicted octanol–water partition coefficient (Wildman–Crippen LogP) is 0.782. The molecule has 1 aromatic heterocycles. The molecule has 1 fully saturated rings.